The maximum Gasteiger partial charge on any atom is 0.269 e. The summed E-state index contributed by atoms with van der Waals surface area (Å²) in [5.74, 6) is -0.185. The van der Waals surface area contributed by atoms with Crippen molar-refractivity contribution in [2.75, 3.05) is 32.1 Å². The fourth-order valence-electron chi connectivity index (χ4n) is 2.03. The van der Waals surface area contributed by atoms with Gasteiger partial charge in [-0.1, -0.05) is 23.7 Å². The molecule has 2 N–H and O–H groups in total. The first-order valence-electron chi connectivity index (χ1n) is 7.40. The van der Waals surface area contributed by atoms with Crippen LogP contribution in [0, 0.1) is 0 Å². The van der Waals surface area contributed by atoms with E-state index >= 15 is 0 Å². The predicted molar refractivity (Wildman–Crippen MR) is 92.1 cm³/mol. The molecule has 0 saturated heterocycles. The van der Waals surface area contributed by atoms with Gasteiger partial charge in [0.1, 0.15) is 5.69 Å². The van der Waals surface area contributed by atoms with Gasteiger partial charge in [0.2, 0.25) is 0 Å². The Bertz CT molecular complexity index is 632. The Labute approximate surface area is 141 Å². The number of hydrogen-bond donors (Lipinski definition) is 2. The lowest BCUT2D eigenvalue weighted by atomic mass is 10.1. The SMILES string of the molecule is COCCNc1ccc(C(=O)NCCc2cccc(Cl)c2)nc1. The van der Waals surface area contributed by atoms with Crippen molar-refractivity contribution in [3.8, 4) is 0 Å². The molecule has 122 valence electrons. The second-order valence-electron chi connectivity index (χ2n) is 4.99. The van der Waals surface area contributed by atoms with Gasteiger partial charge in [0.05, 0.1) is 18.5 Å². The number of hydrogen-bond acceptors (Lipinski definition) is 4. The van der Waals surface area contributed by atoms with Crippen LogP contribution in [0.1, 0.15) is 16.1 Å². The van der Waals surface area contributed by atoms with Crippen LogP contribution in [0.25, 0.3) is 0 Å². The molecule has 0 aliphatic heterocycles. The lowest BCUT2D eigenvalue weighted by Gasteiger charge is -2.07. The van der Waals surface area contributed by atoms with Crippen LogP contribution in [0.2, 0.25) is 5.02 Å². The van der Waals surface area contributed by atoms with Crippen LogP contribution in [-0.2, 0) is 11.2 Å². The van der Waals surface area contributed by atoms with E-state index in [9.17, 15) is 4.79 Å². The highest BCUT2D eigenvalue weighted by Gasteiger charge is 2.06. The molecule has 0 bridgehead atoms. The van der Waals surface area contributed by atoms with Gasteiger partial charge < -0.3 is 15.4 Å². The third kappa shape index (κ3) is 5.88. The molecule has 0 aliphatic rings. The van der Waals surface area contributed by atoms with E-state index in [2.05, 4.69) is 15.6 Å². The average molecular weight is 334 g/mol. The normalized spacial score (nSPS) is 10.3. The summed E-state index contributed by atoms with van der Waals surface area (Å²) in [7, 11) is 1.65. The number of carbonyl (C=O) groups excluding carboxylic acids is 1. The number of rotatable bonds is 8. The maximum atomic E-state index is 12.0. The molecule has 1 amide bonds. The number of methoxy groups -OCH3 is 1. The van der Waals surface area contributed by atoms with Crippen LogP contribution in [0.4, 0.5) is 5.69 Å². The van der Waals surface area contributed by atoms with Crippen LogP contribution in [-0.4, -0.2) is 37.7 Å². The summed E-state index contributed by atoms with van der Waals surface area (Å²) in [6.07, 6.45) is 2.37. The molecule has 0 atom stereocenters. The monoisotopic (exact) mass is 333 g/mol. The number of pyridine rings is 1. The molecule has 0 spiro atoms. The van der Waals surface area contributed by atoms with E-state index in [0.29, 0.717) is 30.4 Å². The molecule has 0 saturated carbocycles. The Morgan fingerprint density at radius 1 is 1.26 bits per heavy atom. The minimum atomic E-state index is -0.185. The van der Waals surface area contributed by atoms with Gasteiger partial charge in [-0.15, -0.1) is 0 Å². The van der Waals surface area contributed by atoms with Crippen LogP contribution in [0.3, 0.4) is 0 Å². The summed E-state index contributed by atoms with van der Waals surface area (Å²) in [5.41, 5.74) is 2.34. The third-order valence-corrected chi connectivity index (χ3v) is 3.45. The van der Waals surface area contributed by atoms with Crippen LogP contribution in [0.5, 0.6) is 0 Å². The molecule has 2 aromatic rings. The predicted octanol–water partition coefficient (Wildman–Crippen LogP) is 2.77. The first-order valence-corrected chi connectivity index (χ1v) is 7.78. The fraction of sp³-hybridized carbons (Fsp3) is 0.294. The Morgan fingerprint density at radius 2 is 2.13 bits per heavy atom. The van der Waals surface area contributed by atoms with Gasteiger partial charge in [-0.05, 0) is 36.2 Å². The largest absolute Gasteiger partial charge is 0.383 e. The molecule has 0 aliphatic carbocycles. The number of amides is 1. The fourth-order valence-corrected chi connectivity index (χ4v) is 2.25. The zero-order chi connectivity index (χ0) is 16.5. The highest BCUT2D eigenvalue weighted by Crippen LogP contribution is 2.11. The molecule has 1 aromatic heterocycles. The van der Waals surface area contributed by atoms with Gasteiger partial charge in [0, 0.05) is 25.2 Å². The minimum Gasteiger partial charge on any atom is -0.383 e. The van der Waals surface area contributed by atoms with Crippen molar-refractivity contribution in [1.82, 2.24) is 10.3 Å². The highest BCUT2D eigenvalue weighted by atomic mass is 35.5. The second-order valence-corrected chi connectivity index (χ2v) is 5.42. The van der Waals surface area contributed by atoms with Crippen molar-refractivity contribution in [3.05, 3.63) is 58.9 Å². The Morgan fingerprint density at radius 3 is 2.83 bits per heavy atom. The number of anilines is 1. The van der Waals surface area contributed by atoms with Crippen molar-refractivity contribution in [2.45, 2.75) is 6.42 Å². The number of nitrogens with zero attached hydrogens (tertiary/aromatic N) is 1. The molecule has 2 rings (SSSR count). The summed E-state index contributed by atoms with van der Waals surface area (Å²) in [6.45, 7) is 1.85. The summed E-state index contributed by atoms with van der Waals surface area (Å²) < 4.78 is 4.96. The molecule has 1 heterocycles. The lowest BCUT2D eigenvalue weighted by Crippen LogP contribution is -2.26. The standard InChI is InChI=1S/C17H20ClN3O2/c1-23-10-9-19-15-5-6-16(21-12-15)17(22)20-8-7-13-3-2-4-14(18)11-13/h2-6,11-12,19H,7-10H2,1H3,(H,20,22). The number of halogens is 1. The third-order valence-electron chi connectivity index (χ3n) is 3.22. The zero-order valence-corrected chi connectivity index (χ0v) is 13.8. The Kier molecular flexibility index (Phi) is 6.84. The number of ether oxygens (including phenoxy) is 1. The van der Waals surface area contributed by atoms with E-state index in [1.54, 1.807) is 19.4 Å². The van der Waals surface area contributed by atoms with E-state index in [0.717, 1.165) is 17.7 Å². The topological polar surface area (TPSA) is 63.2 Å². The zero-order valence-electron chi connectivity index (χ0n) is 13.0. The number of aromatic nitrogens is 1. The van der Waals surface area contributed by atoms with Crippen molar-refractivity contribution >= 4 is 23.2 Å². The van der Waals surface area contributed by atoms with Gasteiger partial charge in [0.25, 0.3) is 5.91 Å². The summed E-state index contributed by atoms with van der Waals surface area (Å²) >= 11 is 5.93. The van der Waals surface area contributed by atoms with E-state index < -0.39 is 0 Å². The summed E-state index contributed by atoms with van der Waals surface area (Å²) in [6, 6.07) is 11.1. The molecular weight excluding hydrogens is 314 g/mol. The van der Waals surface area contributed by atoms with Gasteiger partial charge >= 0.3 is 0 Å². The lowest BCUT2D eigenvalue weighted by molar-refractivity contribution is 0.0949. The molecule has 0 radical (unpaired) electrons. The summed E-state index contributed by atoms with van der Waals surface area (Å²) in [4.78, 5) is 16.2. The smallest absolute Gasteiger partial charge is 0.269 e. The van der Waals surface area contributed by atoms with Crippen LogP contribution >= 0.6 is 11.6 Å². The highest BCUT2D eigenvalue weighted by molar-refractivity contribution is 6.30. The van der Waals surface area contributed by atoms with Crippen molar-refractivity contribution in [1.29, 1.82) is 0 Å². The molecule has 0 unspecified atom stereocenters. The maximum absolute atomic E-state index is 12.0. The van der Waals surface area contributed by atoms with Crippen LogP contribution in [0.15, 0.2) is 42.6 Å². The number of nitrogens with one attached hydrogen (secondary N) is 2. The van der Waals surface area contributed by atoms with Gasteiger partial charge in [-0.2, -0.15) is 0 Å². The Balaban J connectivity index is 1.79. The molecule has 0 fully saturated rings. The van der Waals surface area contributed by atoms with Gasteiger partial charge in [-0.3, -0.25) is 4.79 Å². The molecule has 6 heteroatoms. The van der Waals surface area contributed by atoms with E-state index in [1.807, 2.05) is 30.3 Å². The van der Waals surface area contributed by atoms with Crippen molar-refractivity contribution in [3.63, 3.8) is 0 Å². The molecule has 5 nitrogen and oxygen atoms in total. The number of benzene rings is 1. The Hall–Kier alpha value is -2.11. The van der Waals surface area contributed by atoms with Crippen molar-refractivity contribution in [2.24, 2.45) is 0 Å². The minimum absolute atomic E-state index is 0.185. The second kappa shape index (κ2) is 9.12. The first kappa shape index (κ1) is 17.2. The van der Waals surface area contributed by atoms with Gasteiger partial charge in [-0.25, -0.2) is 4.98 Å². The quantitative estimate of drug-likeness (QED) is 0.729. The van der Waals surface area contributed by atoms with E-state index in [1.165, 1.54) is 0 Å². The van der Waals surface area contributed by atoms with Crippen LogP contribution < -0.4 is 10.6 Å². The van der Waals surface area contributed by atoms with Gasteiger partial charge in [0.15, 0.2) is 0 Å². The van der Waals surface area contributed by atoms with E-state index in [4.69, 9.17) is 16.3 Å². The summed E-state index contributed by atoms with van der Waals surface area (Å²) in [5, 5.41) is 6.70. The average Bonchev–Trinajstić information content (AvgIpc) is 2.56. The molecular formula is C17H20ClN3O2. The first-order chi connectivity index (χ1) is 11.2. The molecule has 1 aromatic carbocycles. The molecule has 23 heavy (non-hydrogen) atoms. The number of carbonyl (C=O) groups is 1. The van der Waals surface area contributed by atoms with Crippen molar-refractivity contribution < 1.29 is 9.53 Å². The van der Waals surface area contributed by atoms with E-state index in [-0.39, 0.29) is 5.91 Å².